The minimum absolute atomic E-state index is 0.579. The Morgan fingerprint density at radius 1 is 1.21 bits per heavy atom. The normalized spacial score (nSPS) is 10.1. The topological polar surface area (TPSA) is 23.8 Å². The maximum Gasteiger partial charge on any atom is 0.100 e. The summed E-state index contributed by atoms with van der Waals surface area (Å²) in [6.45, 7) is 0. The van der Waals surface area contributed by atoms with E-state index in [9.17, 15) is 0 Å². The molecule has 3 heteroatoms. The maximum absolute atomic E-state index is 8.89. The molecule has 2 rings (SSSR count). The first-order valence-electron chi connectivity index (χ1n) is 3.92. The molecule has 0 N–H and O–H groups in total. The van der Waals surface area contributed by atoms with Gasteiger partial charge in [-0.1, -0.05) is 12.1 Å². The number of nitriles is 1. The first kappa shape index (κ1) is 9.70. The van der Waals surface area contributed by atoms with Crippen LogP contribution in [0.25, 0.3) is 10.8 Å². The molecular weight excluding hydrogens is 306 g/mol. The highest BCUT2D eigenvalue weighted by molar-refractivity contribution is 9.13. The number of nitrogens with zero attached hydrogens (tertiary/aromatic N) is 1. The smallest absolute Gasteiger partial charge is 0.100 e. The molecule has 1 nitrogen and oxygen atoms in total. The van der Waals surface area contributed by atoms with E-state index in [0.717, 1.165) is 19.7 Å². The van der Waals surface area contributed by atoms with E-state index in [1.54, 1.807) is 6.07 Å². The molecular formula is C11H4Br2N. The molecule has 0 fully saturated rings. The Labute approximate surface area is 98.6 Å². The molecule has 0 aliphatic carbocycles. The summed E-state index contributed by atoms with van der Waals surface area (Å²) in [7, 11) is 0. The first-order chi connectivity index (χ1) is 6.72. The second kappa shape index (κ2) is 3.72. The highest BCUT2D eigenvalue weighted by Gasteiger charge is 2.03. The highest BCUT2D eigenvalue weighted by atomic mass is 79.9. The lowest BCUT2D eigenvalue weighted by Crippen LogP contribution is -1.80. The van der Waals surface area contributed by atoms with E-state index < -0.39 is 0 Å². The Hall–Kier alpha value is -0.850. The van der Waals surface area contributed by atoms with E-state index in [1.807, 2.05) is 18.2 Å². The minimum atomic E-state index is 0.579. The van der Waals surface area contributed by atoms with Gasteiger partial charge >= 0.3 is 0 Å². The van der Waals surface area contributed by atoms with Gasteiger partial charge in [-0.2, -0.15) is 5.26 Å². The Bertz CT molecular complexity index is 541. The van der Waals surface area contributed by atoms with Crippen LogP contribution in [-0.4, -0.2) is 0 Å². The lowest BCUT2D eigenvalue weighted by molar-refractivity contribution is 1.50. The van der Waals surface area contributed by atoms with Crippen molar-refractivity contribution in [1.29, 1.82) is 5.26 Å². The zero-order valence-electron chi connectivity index (χ0n) is 7.01. The van der Waals surface area contributed by atoms with Gasteiger partial charge < -0.3 is 0 Å². The molecule has 0 saturated carbocycles. The average Bonchev–Trinajstić information content (AvgIpc) is 2.19. The Balaban J connectivity index is 2.90. The van der Waals surface area contributed by atoms with Crippen molar-refractivity contribution in [3.8, 4) is 6.07 Å². The van der Waals surface area contributed by atoms with Crippen molar-refractivity contribution in [2.75, 3.05) is 0 Å². The molecule has 2 aromatic rings. The number of benzene rings is 2. The van der Waals surface area contributed by atoms with Crippen LogP contribution in [0.4, 0.5) is 0 Å². The van der Waals surface area contributed by atoms with Gasteiger partial charge in [-0.25, -0.2) is 0 Å². The Kier molecular flexibility index (Phi) is 2.58. The third kappa shape index (κ3) is 1.56. The van der Waals surface area contributed by atoms with Crippen molar-refractivity contribution in [3.63, 3.8) is 0 Å². The minimum Gasteiger partial charge on any atom is -0.192 e. The molecule has 0 aliphatic rings. The van der Waals surface area contributed by atoms with Gasteiger partial charge in [-0.05, 0) is 49.4 Å². The van der Waals surface area contributed by atoms with Crippen molar-refractivity contribution < 1.29 is 0 Å². The van der Waals surface area contributed by atoms with Crippen molar-refractivity contribution in [2.45, 2.75) is 0 Å². The van der Waals surface area contributed by atoms with Crippen LogP contribution in [0.15, 0.2) is 33.2 Å². The summed E-state index contributed by atoms with van der Waals surface area (Å²) >= 11 is 6.83. The second-order valence-electron chi connectivity index (χ2n) is 2.82. The summed E-state index contributed by atoms with van der Waals surface area (Å²) in [4.78, 5) is 0. The summed E-state index contributed by atoms with van der Waals surface area (Å²) in [5, 5.41) is 10.8. The summed E-state index contributed by atoms with van der Waals surface area (Å²) in [5.41, 5.74) is 0.579. The van der Waals surface area contributed by atoms with Gasteiger partial charge in [-0.15, -0.1) is 0 Å². The van der Waals surface area contributed by atoms with Gasteiger partial charge in [0.25, 0.3) is 0 Å². The SMILES string of the molecule is N#Cc1[c]ccc2cc(Br)c(Br)cc12. The number of rotatable bonds is 0. The van der Waals surface area contributed by atoms with Gasteiger partial charge in [0.1, 0.15) is 6.07 Å². The predicted octanol–water partition coefficient (Wildman–Crippen LogP) is 4.04. The van der Waals surface area contributed by atoms with Crippen molar-refractivity contribution in [3.05, 3.63) is 44.8 Å². The molecule has 0 unspecified atom stereocenters. The fourth-order valence-corrected chi connectivity index (χ4v) is 2.01. The molecule has 0 amide bonds. The quantitative estimate of drug-likeness (QED) is 0.720. The van der Waals surface area contributed by atoms with Crippen LogP contribution in [0, 0.1) is 17.4 Å². The van der Waals surface area contributed by atoms with E-state index in [4.69, 9.17) is 5.26 Å². The zero-order valence-corrected chi connectivity index (χ0v) is 10.2. The van der Waals surface area contributed by atoms with Gasteiger partial charge in [0.2, 0.25) is 0 Å². The number of halogens is 2. The largest absolute Gasteiger partial charge is 0.192 e. The monoisotopic (exact) mass is 308 g/mol. The number of hydrogen-bond donors (Lipinski definition) is 0. The van der Waals surface area contributed by atoms with Crippen LogP contribution in [0.2, 0.25) is 0 Å². The highest BCUT2D eigenvalue weighted by Crippen LogP contribution is 2.29. The number of hydrogen-bond acceptors (Lipinski definition) is 1. The second-order valence-corrected chi connectivity index (χ2v) is 4.53. The molecule has 0 saturated heterocycles. The molecule has 0 aliphatic heterocycles. The molecule has 67 valence electrons. The predicted molar refractivity (Wildman–Crippen MR) is 62.9 cm³/mol. The third-order valence-corrected chi connectivity index (χ3v) is 3.81. The van der Waals surface area contributed by atoms with E-state index >= 15 is 0 Å². The molecule has 2 aromatic carbocycles. The zero-order chi connectivity index (χ0) is 10.1. The van der Waals surface area contributed by atoms with Crippen molar-refractivity contribution in [1.82, 2.24) is 0 Å². The van der Waals surface area contributed by atoms with Crippen LogP contribution < -0.4 is 0 Å². The van der Waals surface area contributed by atoms with Crippen LogP contribution in [-0.2, 0) is 0 Å². The molecule has 0 spiro atoms. The van der Waals surface area contributed by atoms with Gasteiger partial charge in [0, 0.05) is 20.4 Å². The Morgan fingerprint density at radius 2 is 1.93 bits per heavy atom. The van der Waals surface area contributed by atoms with Crippen LogP contribution in [0.3, 0.4) is 0 Å². The third-order valence-electron chi connectivity index (χ3n) is 1.96. The average molecular weight is 310 g/mol. The first-order valence-corrected chi connectivity index (χ1v) is 5.50. The molecule has 0 aromatic heterocycles. The summed E-state index contributed by atoms with van der Waals surface area (Å²) < 4.78 is 1.93. The molecule has 0 atom stereocenters. The van der Waals surface area contributed by atoms with E-state index in [1.165, 1.54) is 0 Å². The van der Waals surface area contributed by atoms with E-state index in [-0.39, 0.29) is 0 Å². The van der Waals surface area contributed by atoms with Gasteiger partial charge in [-0.3, -0.25) is 0 Å². The standard InChI is InChI=1S/C11H4Br2N/c12-10-4-7-2-1-3-8(6-14)9(7)5-11(10)13/h1-2,4-5H. The van der Waals surface area contributed by atoms with Crippen molar-refractivity contribution in [2.24, 2.45) is 0 Å². The van der Waals surface area contributed by atoms with Crippen LogP contribution in [0.5, 0.6) is 0 Å². The summed E-state index contributed by atoms with van der Waals surface area (Å²) in [5.74, 6) is 0. The van der Waals surface area contributed by atoms with E-state index in [2.05, 4.69) is 44.0 Å². The van der Waals surface area contributed by atoms with Crippen LogP contribution in [0.1, 0.15) is 5.56 Å². The lowest BCUT2D eigenvalue weighted by atomic mass is 10.1. The summed E-state index contributed by atoms with van der Waals surface area (Å²) in [6.07, 6.45) is 0. The fourth-order valence-electron chi connectivity index (χ4n) is 1.30. The van der Waals surface area contributed by atoms with E-state index in [0.29, 0.717) is 5.56 Å². The summed E-state index contributed by atoms with van der Waals surface area (Å²) in [6, 6.07) is 12.6. The Morgan fingerprint density at radius 3 is 2.64 bits per heavy atom. The molecule has 1 radical (unpaired) electrons. The van der Waals surface area contributed by atoms with Gasteiger partial charge in [0.05, 0.1) is 5.56 Å². The molecule has 14 heavy (non-hydrogen) atoms. The van der Waals surface area contributed by atoms with Gasteiger partial charge in [0.15, 0.2) is 0 Å². The maximum atomic E-state index is 8.89. The number of fused-ring (bicyclic) bond motifs is 1. The van der Waals surface area contributed by atoms with Crippen LogP contribution >= 0.6 is 31.9 Å². The van der Waals surface area contributed by atoms with Crippen molar-refractivity contribution >= 4 is 42.6 Å². The fraction of sp³-hybridized carbons (Fsp3) is 0. The molecule has 0 heterocycles. The lowest BCUT2D eigenvalue weighted by Gasteiger charge is -2.02. The molecule has 0 bridgehead atoms.